The van der Waals surface area contributed by atoms with Crippen molar-refractivity contribution in [3.8, 4) is 50.3 Å². The van der Waals surface area contributed by atoms with Gasteiger partial charge in [0.05, 0.1) is 7.11 Å². The molecule has 0 radical (unpaired) electrons. The molecule has 2 nitrogen and oxygen atoms in total. The van der Waals surface area contributed by atoms with Crippen molar-refractivity contribution in [1.82, 2.24) is 0 Å². The number of rotatable bonds is 6. The van der Waals surface area contributed by atoms with E-state index in [2.05, 4.69) is 159 Å². The number of fused-ring (bicyclic) bond motifs is 3. The van der Waals surface area contributed by atoms with Gasteiger partial charge in [-0.3, -0.25) is 0 Å². The van der Waals surface area contributed by atoms with Crippen LogP contribution in [0.4, 0.5) is 11.4 Å². The van der Waals surface area contributed by atoms with Crippen molar-refractivity contribution in [3.63, 3.8) is 0 Å². The number of hydrogen-bond acceptors (Lipinski definition) is 2. The highest BCUT2D eigenvalue weighted by Gasteiger charge is 2.40. The van der Waals surface area contributed by atoms with Crippen LogP contribution in [0.2, 0.25) is 0 Å². The van der Waals surface area contributed by atoms with Crippen molar-refractivity contribution in [3.05, 3.63) is 151 Å². The maximum absolute atomic E-state index is 5.98. The molecule has 0 saturated heterocycles. The van der Waals surface area contributed by atoms with Crippen LogP contribution >= 0.6 is 0 Å². The average Bonchev–Trinajstić information content (AvgIpc) is 3.28. The molecule has 7 rings (SSSR count). The van der Waals surface area contributed by atoms with Crippen LogP contribution in [-0.4, -0.2) is 7.11 Å². The Morgan fingerprint density at radius 2 is 1.17 bits per heavy atom. The second-order valence-corrected chi connectivity index (χ2v) is 11.4. The van der Waals surface area contributed by atoms with Gasteiger partial charge >= 0.3 is 0 Å². The zero-order valence-electron chi connectivity index (χ0n) is 24.2. The van der Waals surface area contributed by atoms with Crippen molar-refractivity contribution < 1.29 is 4.74 Å². The Labute approximate surface area is 248 Å². The SMILES string of the molecule is COc1ccc(-c2cccc(-c3ccccc3)c2)c2c1C(C)(C)c1cc(Nc3ccccc3-c3ccccc3)ccc1-2. The van der Waals surface area contributed by atoms with E-state index >= 15 is 0 Å². The molecule has 0 atom stereocenters. The number of anilines is 2. The van der Waals surface area contributed by atoms with E-state index in [9.17, 15) is 0 Å². The summed E-state index contributed by atoms with van der Waals surface area (Å²) < 4.78 is 5.98. The molecule has 0 aliphatic heterocycles. The number of ether oxygens (including phenoxy) is 1. The molecule has 1 N–H and O–H groups in total. The first-order chi connectivity index (χ1) is 20.5. The number of benzene rings is 6. The number of nitrogens with one attached hydrogen (secondary N) is 1. The van der Waals surface area contributed by atoms with Gasteiger partial charge < -0.3 is 10.1 Å². The van der Waals surface area contributed by atoms with Crippen molar-refractivity contribution in [2.24, 2.45) is 0 Å². The molecular formula is C40H33NO. The summed E-state index contributed by atoms with van der Waals surface area (Å²) in [5.74, 6) is 0.929. The van der Waals surface area contributed by atoms with E-state index in [0.717, 1.165) is 17.1 Å². The van der Waals surface area contributed by atoms with Crippen molar-refractivity contribution in [2.45, 2.75) is 19.3 Å². The molecule has 0 aromatic heterocycles. The molecule has 204 valence electrons. The molecule has 6 aromatic carbocycles. The first-order valence-corrected chi connectivity index (χ1v) is 14.5. The van der Waals surface area contributed by atoms with Crippen LogP contribution in [0.1, 0.15) is 25.0 Å². The Morgan fingerprint density at radius 1 is 0.524 bits per heavy atom. The highest BCUT2D eigenvalue weighted by atomic mass is 16.5. The summed E-state index contributed by atoms with van der Waals surface area (Å²) in [4.78, 5) is 0. The summed E-state index contributed by atoms with van der Waals surface area (Å²) in [6.45, 7) is 4.62. The quantitative estimate of drug-likeness (QED) is 0.226. The minimum atomic E-state index is -0.236. The van der Waals surface area contributed by atoms with Crippen LogP contribution in [0, 0.1) is 0 Å². The van der Waals surface area contributed by atoms with Gasteiger partial charge in [-0.15, -0.1) is 0 Å². The Hall–Kier alpha value is -5.08. The molecule has 6 aromatic rings. The van der Waals surface area contributed by atoms with Gasteiger partial charge in [0, 0.05) is 27.9 Å². The Bertz CT molecular complexity index is 1900. The summed E-state index contributed by atoms with van der Waals surface area (Å²) >= 11 is 0. The summed E-state index contributed by atoms with van der Waals surface area (Å²) in [6.07, 6.45) is 0. The van der Waals surface area contributed by atoms with Crippen molar-refractivity contribution in [1.29, 1.82) is 0 Å². The lowest BCUT2D eigenvalue weighted by molar-refractivity contribution is 0.403. The average molecular weight is 544 g/mol. The molecule has 0 amide bonds. The van der Waals surface area contributed by atoms with E-state index in [1.165, 1.54) is 55.6 Å². The van der Waals surface area contributed by atoms with Crippen LogP contribution in [0.5, 0.6) is 5.75 Å². The molecule has 0 bridgehead atoms. The lowest BCUT2D eigenvalue weighted by atomic mass is 9.81. The van der Waals surface area contributed by atoms with E-state index in [4.69, 9.17) is 4.74 Å². The first kappa shape index (κ1) is 25.9. The van der Waals surface area contributed by atoms with Gasteiger partial charge in [-0.2, -0.15) is 0 Å². The molecule has 0 saturated carbocycles. The second-order valence-electron chi connectivity index (χ2n) is 11.4. The molecule has 0 fully saturated rings. The predicted octanol–water partition coefficient (Wildman–Crippen LogP) is 10.7. The molecular weight excluding hydrogens is 510 g/mol. The summed E-state index contributed by atoms with van der Waals surface area (Å²) in [5.41, 5.74) is 14.2. The molecule has 2 heteroatoms. The molecule has 0 unspecified atom stereocenters. The van der Waals surface area contributed by atoms with Crippen molar-refractivity contribution in [2.75, 3.05) is 12.4 Å². The minimum Gasteiger partial charge on any atom is -0.496 e. The molecule has 1 aliphatic carbocycles. The Balaban J connectivity index is 1.34. The third-order valence-corrected chi connectivity index (χ3v) is 8.55. The normalized spacial score (nSPS) is 12.8. The first-order valence-electron chi connectivity index (χ1n) is 14.5. The Morgan fingerprint density at radius 3 is 1.93 bits per heavy atom. The number of para-hydroxylation sites is 1. The van der Waals surface area contributed by atoms with Crippen LogP contribution in [0.25, 0.3) is 44.5 Å². The van der Waals surface area contributed by atoms with Gasteiger partial charge in [-0.1, -0.05) is 123 Å². The van der Waals surface area contributed by atoms with Crippen LogP contribution in [0.3, 0.4) is 0 Å². The van der Waals surface area contributed by atoms with Crippen LogP contribution in [-0.2, 0) is 5.41 Å². The van der Waals surface area contributed by atoms with Gasteiger partial charge in [0.25, 0.3) is 0 Å². The summed E-state index contributed by atoms with van der Waals surface area (Å²) in [5, 5.41) is 3.73. The second kappa shape index (κ2) is 10.4. The largest absolute Gasteiger partial charge is 0.496 e. The lowest BCUT2D eigenvalue weighted by Crippen LogP contribution is -2.16. The molecule has 0 heterocycles. The highest BCUT2D eigenvalue weighted by Crippen LogP contribution is 2.56. The molecule has 1 aliphatic rings. The monoisotopic (exact) mass is 543 g/mol. The fourth-order valence-corrected chi connectivity index (χ4v) is 6.50. The van der Waals surface area contributed by atoms with Gasteiger partial charge in [0.2, 0.25) is 0 Å². The van der Waals surface area contributed by atoms with Gasteiger partial charge in [-0.05, 0) is 74.8 Å². The maximum atomic E-state index is 5.98. The highest BCUT2D eigenvalue weighted by molar-refractivity contribution is 5.96. The standard InChI is InChI=1S/C40H33NO/c1-40(2)35-26-31(41-36-20-11-10-19-32(36)28-15-8-5-9-16-28)21-22-34(35)38-33(23-24-37(42-3)39(38)40)30-18-12-17-29(25-30)27-13-6-4-7-14-27/h4-26,41H,1-3H3. The van der Waals surface area contributed by atoms with Crippen LogP contribution in [0.15, 0.2) is 140 Å². The summed E-state index contributed by atoms with van der Waals surface area (Å²) in [7, 11) is 1.78. The van der Waals surface area contributed by atoms with Crippen molar-refractivity contribution >= 4 is 11.4 Å². The molecule has 0 spiro atoms. The van der Waals surface area contributed by atoms with E-state index in [0.29, 0.717) is 0 Å². The number of hydrogen-bond donors (Lipinski definition) is 1. The Kier molecular flexibility index (Phi) is 6.40. The van der Waals surface area contributed by atoms with E-state index in [-0.39, 0.29) is 5.41 Å². The fourth-order valence-electron chi connectivity index (χ4n) is 6.50. The lowest BCUT2D eigenvalue weighted by Gasteiger charge is -2.24. The third kappa shape index (κ3) is 4.37. The zero-order chi connectivity index (χ0) is 28.7. The topological polar surface area (TPSA) is 21.3 Å². The summed E-state index contributed by atoms with van der Waals surface area (Å²) in [6, 6.07) is 49.6. The van der Waals surface area contributed by atoms with E-state index in [1.54, 1.807) is 7.11 Å². The van der Waals surface area contributed by atoms with E-state index < -0.39 is 0 Å². The minimum absolute atomic E-state index is 0.236. The van der Waals surface area contributed by atoms with Gasteiger partial charge in [0.1, 0.15) is 5.75 Å². The van der Waals surface area contributed by atoms with Crippen LogP contribution < -0.4 is 10.1 Å². The predicted molar refractivity (Wildman–Crippen MR) is 177 cm³/mol. The zero-order valence-corrected chi connectivity index (χ0v) is 24.2. The number of methoxy groups -OCH3 is 1. The fraction of sp³-hybridized carbons (Fsp3) is 0.100. The van der Waals surface area contributed by atoms with Gasteiger partial charge in [0.15, 0.2) is 0 Å². The molecule has 42 heavy (non-hydrogen) atoms. The van der Waals surface area contributed by atoms with Gasteiger partial charge in [-0.25, -0.2) is 0 Å². The van der Waals surface area contributed by atoms with E-state index in [1.807, 2.05) is 0 Å². The maximum Gasteiger partial charge on any atom is 0.123 e. The third-order valence-electron chi connectivity index (χ3n) is 8.55. The smallest absolute Gasteiger partial charge is 0.123 e.